The van der Waals surface area contributed by atoms with Crippen LogP contribution in [-0.2, 0) is 4.79 Å². The number of alkyl halides is 1. The molecule has 0 spiro atoms. The number of carbonyl (C=O) groups is 1. The lowest BCUT2D eigenvalue weighted by Crippen LogP contribution is -2.25. The summed E-state index contributed by atoms with van der Waals surface area (Å²) in [5, 5.41) is -0.648. The molecule has 14 heavy (non-hydrogen) atoms. The molecule has 0 fully saturated rings. The fourth-order valence-electron chi connectivity index (χ4n) is 0.770. The molecule has 0 aliphatic rings. The van der Waals surface area contributed by atoms with Crippen molar-refractivity contribution < 1.29 is 9.53 Å². The van der Waals surface area contributed by atoms with E-state index in [1.807, 2.05) is 13.8 Å². The Hall–Kier alpha value is -1.16. The number of nitrogens with zero attached hydrogens (tertiary/aromatic N) is 2. The summed E-state index contributed by atoms with van der Waals surface area (Å²) in [6.45, 7) is 3.69. The van der Waals surface area contributed by atoms with Crippen molar-refractivity contribution in [3.63, 3.8) is 0 Å². The first kappa shape index (κ1) is 10.9. The largest absolute Gasteiger partial charge is 0.406 e. The minimum Gasteiger partial charge on any atom is -0.406 e. The first-order chi connectivity index (χ1) is 6.61. The van der Waals surface area contributed by atoms with E-state index in [0.717, 1.165) is 0 Å². The topological polar surface area (TPSA) is 52.1 Å². The van der Waals surface area contributed by atoms with E-state index >= 15 is 0 Å². The number of aromatic nitrogens is 2. The molecule has 5 heteroatoms. The number of hydrogen-bond donors (Lipinski definition) is 0. The highest BCUT2D eigenvalue weighted by Crippen LogP contribution is 2.13. The third kappa shape index (κ3) is 2.96. The first-order valence-electron chi connectivity index (χ1n) is 4.23. The minimum atomic E-state index is -0.648. The molecular formula is C9H11ClN2O2. The van der Waals surface area contributed by atoms with Crippen LogP contribution in [0, 0.1) is 5.92 Å². The Balaban J connectivity index is 2.58. The molecule has 0 aliphatic carbocycles. The number of carbonyl (C=O) groups excluding carboxylic acids is 1. The number of hydrogen-bond acceptors (Lipinski definition) is 4. The van der Waals surface area contributed by atoms with Crippen molar-refractivity contribution in [2.45, 2.75) is 19.2 Å². The third-order valence-corrected chi connectivity index (χ3v) is 2.25. The van der Waals surface area contributed by atoms with Crippen molar-refractivity contribution in [1.29, 1.82) is 0 Å². The maximum absolute atomic E-state index is 11.3. The Morgan fingerprint density at radius 3 is 2.79 bits per heavy atom. The van der Waals surface area contributed by atoms with Gasteiger partial charge in [-0.1, -0.05) is 13.8 Å². The lowest BCUT2D eigenvalue weighted by atomic mass is 10.1. The number of ether oxygens (including phenoxy) is 1. The molecule has 1 unspecified atom stereocenters. The third-order valence-electron chi connectivity index (χ3n) is 1.57. The molecule has 0 amide bonds. The summed E-state index contributed by atoms with van der Waals surface area (Å²) in [7, 11) is 0. The Labute approximate surface area is 87.3 Å². The zero-order valence-corrected chi connectivity index (χ0v) is 8.73. The van der Waals surface area contributed by atoms with E-state index < -0.39 is 11.3 Å². The summed E-state index contributed by atoms with van der Waals surface area (Å²) in [5.74, 6) is -0.234. The van der Waals surface area contributed by atoms with Gasteiger partial charge in [0.25, 0.3) is 0 Å². The quantitative estimate of drug-likeness (QED) is 0.567. The summed E-state index contributed by atoms with van der Waals surface area (Å²) >= 11 is 5.80. The predicted octanol–water partition coefficient (Wildman–Crippen LogP) is 1.65. The smallest absolute Gasteiger partial charge is 0.331 e. The molecule has 1 atom stereocenters. The molecule has 0 saturated carbocycles. The van der Waals surface area contributed by atoms with Crippen molar-refractivity contribution >= 4 is 17.6 Å². The van der Waals surface area contributed by atoms with E-state index in [0.29, 0.717) is 0 Å². The van der Waals surface area contributed by atoms with Gasteiger partial charge in [-0.05, 0) is 5.92 Å². The first-order valence-corrected chi connectivity index (χ1v) is 4.66. The van der Waals surface area contributed by atoms with Gasteiger partial charge in [-0.3, -0.25) is 0 Å². The van der Waals surface area contributed by atoms with Gasteiger partial charge < -0.3 is 4.74 Å². The molecule has 76 valence electrons. The van der Waals surface area contributed by atoms with Crippen molar-refractivity contribution in [2.24, 2.45) is 5.92 Å². The SMILES string of the molecule is CC(C)C(Cl)C(=O)Oc1ccncn1. The fourth-order valence-corrected chi connectivity index (χ4v) is 0.815. The average molecular weight is 215 g/mol. The molecule has 0 aromatic carbocycles. The maximum Gasteiger partial charge on any atom is 0.331 e. The van der Waals surface area contributed by atoms with Gasteiger partial charge in [0.15, 0.2) is 0 Å². The van der Waals surface area contributed by atoms with E-state index in [9.17, 15) is 4.79 Å². The van der Waals surface area contributed by atoms with E-state index in [1.54, 1.807) is 0 Å². The van der Waals surface area contributed by atoms with E-state index in [4.69, 9.17) is 16.3 Å². The Morgan fingerprint density at radius 1 is 1.57 bits per heavy atom. The highest BCUT2D eigenvalue weighted by atomic mass is 35.5. The highest BCUT2D eigenvalue weighted by Gasteiger charge is 2.21. The second-order valence-corrected chi connectivity index (χ2v) is 3.58. The van der Waals surface area contributed by atoms with Crippen LogP contribution in [0.3, 0.4) is 0 Å². The standard InChI is InChI=1S/C9H11ClN2O2/c1-6(2)8(10)9(13)14-7-3-4-11-5-12-7/h3-6,8H,1-2H3. The lowest BCUT2D eigenvalue weighted by molar-refractivity contribution is -0.135. The average Bonchev–Trinajstić information content (AvgIpc) is 2.18. The molecule has 0 radical (unpaired) electrons. The normalized spacial score (nSPS) is 12.6. The van der Waals surface area contributed by atoms with Crippen LogP contribution < -0.4 is 4.74 Å². The van der Waals surface area contributed by atoms with Crippen LogP contribution in [0.2, 0.25) is 0 Å². The second kappa shape index (κ2) is 4.91. The van der Waals surface area contributed by atoms with Crippen LogP contribution in [0.5, 0.6) is 5.88 Å². The van der Waals surface area contributed by atoms with Crippen molar-refractivity contribution in [1.82, 2.24) is 9.97 Å². The summed E-state index contributed by atoms with van der Waals surface area (Å²) in [6, 6.07) is 1.50. The van der Waals surface area contributed by atoms with Crippen molar-refractivity contribution in [2.75, 3.05) is 0 Å². The molecule has 1 aromatic heterocycles. The summed E-state index contributed by atoms with van der Waals surface area (Å²) in [4.78, 5) is 18.8. The Morgan fingerprint density at radius 2 is 2.29 bits per heavy atom. The van der Waals surface area contributed by atoms with Gasteiger partial charge in [-0.2, -0.15) is 0 Å². The Bertz CT molecular complexity index is 303. The van der Waals surface area contributed by atoms with Crippen molar-refractivity contribution in [3.05, 3.63) is 18.6 Å². The number of rotatable bonds is 3. The minimum absolute atomic E-state index is 0.0333. The molecule has 1 rings (SSSR count). The lowest BCUT2D eigenvalue weighted by Gasteiger charge is -2.11. The summed E-state index contributed by atoms with van der Waals surface area (Å²) in [5.41, 5.74) is 0. The van der Waals surface area contributed by atoms with Gasteiger partial charge in [0.1, 0.15) is 11.7 Å². The van der Waals surface area contributed by atoms with Crippen LogP contribution >= 0.6 is 11.6 Å². The van der Waals surface area contributed by atoms with Crippen LogP contribution in [0.15, 0.2) is 18.6 Å². The van der Waals surface area contributed by atoms with Gasteiger partial charge in [0.2, 0.25) is 5.88 Å². The molecular weight excluding hydrogens is 204 g/mol. The molecule has 1 heterocycles. The zero-order valence-electron chi connectivity index (χ0n) is 7.98. The van der Waals surface area contributed by atoms with Crippen molar-refractivity contribution in [3.8, 4) is 5.88 Å². The van der Waals surface area contributed by atoms with Gasteiger partial charge >= 0.3 is 5.97 Å². The van der Waals surface area contributed by atoms with Gasteiger partial charge in [-0.15, -0.1) is 11.6 Å². The van der Waals surface area contributed by atoms with E-state index in [1.165, 1.54) is 18.6 Å². The molecule has 0 saturated heterocycles. The van der Waals surface area contributed by atoms with Crippen LogP contribution in [0.25, 0.3) is 0 Å². The zero-order chi connectivity index (χ0) is 10.6. The molecule has 4 nitrogen and oxygen atoms in total. The molecule has 0 bridgehead atoms. The molecule has 0 N–H and O–H groups in total. The van der Waals surface area contributed by atoms with E-state index in [-0.39, 0.29) is 11.8 Å². The number of esters is 1. The number of halogens is 1. The molecule has 1 aromatic rings. The van der Waals surface area contributed by atoms with Gasteiger partial charge in [0.05, 0.1) is 0 Å². The fraction of sp³-hybridized carbons (Fsp3) is 0.444. The summed E-state index contributed by atoms with van der Waals surface area (Å²) in [6.07, 6.45) is 2.80. The monoisotopic (exact) mass is 214 g/mol. The maximum atomic E-state index is 11.3. The van der Waals surface area contributed by atoms with Gasteiger partial charge in [0, 0.05) is 12.3 Å². The molecule has 0 aliphatic heterocycles. The van der Waals surface area contributed by atoms with Crippen LogP contribution in [0.4, 0.5) is 0 Å². The van der Waals surface area contributed by atoms with Gasteiger partial charge in [-0.25, -0.2) is 14.8 Å². The highest BCUT2D eigenvalue weighted by molar-refractivity contribution is 6.30. The Kier molecular flexibility index (Phi) is 3.83. The second-order valence-electron chi connectivity index (χ2n) is 3.11. The van der Waals surface area contributed by atoms with Crippen LogP contribution in [-0.4, -0.2) is 21.3 Å². The van der Waals surface area contributed by atoms with Crippen LogP contribution in [0.1, 0.15) is 13.8 Å². The summed E-state index contributed by atoms with van der Waals surface area (Å²) < 4.78 is 4.92. The van der Waals surface area contributed by atoms with E-state index in [2.05, 4.69) is 9.97 Å². The predicted molar refractivity (Wildman–Crippen MR) is 52.1 cm³/mol.